The second kappa shape index (κ2) is 9.14. The van der Waals surface area contributed by atoms with Gasteiger partial charge in [0.15, 0.2) is 0 Å². The lowest BCUT2D eigenvalue weighted by atomic mass is 10.0. The highest BCUT2D eigenvalue weighted by Gasteiger charge is 2.25. The van der Waals surface area contributed by atoms with E-state index in [4.69, 9.17) is 28.2 Å². The Morgan fingerprint density at radius 2 is 1.73 bits per heavy atom. The molecule has 33 heavy (non-hydrogen) atoms. The van der Waals surface area contributed by atoms with Gasteiger partial charge in [-0.05, 0) is 24.3 Å². The molecule has 0 bridgehead atoms. The molecule has 2 aromatic heterocycles. The number of carbonyl (C=O) groups excluding carboxylic acids is 1. The summed E-state index contributed by atoms with van der Waals surface area (Å²) in [6, 6.07) is 15.2. The fraction of sp³-hybridized carbons (Fsp3) is 0.240. The Hall–Kier alpha value is -2.93. The van der Waals surface area contributed by atoms with Crippen LogP contribution in [-0.2, 0) is 13.6 Å². The Morgan fingerprint density at radius 1 is 1.00 bits per heavy atom. The SMILES string of the molecule is Cn1cc(-c2cc(C(=O)N3CCN(Cc4c(Cl)cccc4Cl)CC3)c3ccccc3n2)cn1. The largest absolute Gasteiger partial charge is 0.336 e. The number of para-hydroxylation sites is 1. The summed E-state index contributed by atoms with van der Waals surface area (Å²) in [5, 5.41) is 6.46. The van der Waals surface area contributed by atoms with Gasteiger partial charge in [0.05, 0.1) is 23.0 Å². The van der Waals surface area contributed by atoms with Crippen molar-refractivity contribution in [1.82, 2.24) is 24.6 Å². The maximum absolute atomic E-state index is 13.6. The summed E-state index contributed by atoms with van der Waals surface area (Å²) in [6.45, 7) is 3.46. The molecule has 1 aliphatic heterocycles. The highest BCUT2D eigenvalue weighted by Crippen LogP contribution is 2.28. The minimum absolute atomic E-state index is 0.0224. The topological polar surface area (TPSA) is 54.3 Å². The van der Waals surface area contributed by atoms with Crippen LogP contribution < -0.4 is 0 Å². The fourth-order valence-corrected chi connectivity index (χ4v) is 4.76. The quantitative estimate of drug-likeness (QED) is 0.417. The molecular formula is C25H23Cl2N5O. The van der Waals surface area contributed by atoms with Crippen molar-refractivity contribution in [3.63, 3.8) is 0 Å². The van der Waals surface area contributed by atoms with E-state index >= 15 is 0 Å². The van der Waals surface area contributed by atoms with Gasteiger partial charge in [0, 0.05) is 72.5 Å². The van der Waals surface area contributed by atoms with Crippen LogP contribution in [0.1, 0.15) is 15.9 Å². The molecule has 1 aliphatic rings. The Bertz CT molecular complexity index is 1310. The number of rotatable bonds is 4. The maximum Gasteiger partial charge on any atom is 0.254 e. The van der Waals surface area contributed by atoms with E-state index in [-0.39, 0.29) is 5.91 Å². The van der Waals surface area contributed by atoms with E-state index in [1.807, 2.05) is 66.7 Å². The Kier molecular flexibility index (Phi) is 6.06. The van der Waals surface area contributed by atoms with Crippen molar-refractivity contribution in [1.29, 1.82) is 0 Å². The van der Waals surface area contributed by atoms with E-state index in [1.165, 1.54) is 0 Å². The number of carbonyl (C=O) groups is 1. The Labute approximate surface area is 202 Å². The van der Waals surface area contributed by atoms with Gasteiger partial charge >= 0.3 is 0 Å². The molecule has 0 radical (unpaired) electrons. The Morgan fingerprint density at radius 3 is 2.42 bits per heavy atom. The Balaban J connectivity index is 1.37. The summed E-state index contributed by atoms with van der Waals surface area (Å²) in [5.74, 6) is 0.0224. The van der Waals surface area contributed by atoms with Gasteiger partial charge in [0.25, 0.3) is 5.91 Å². The third kappa shape index (κ3) is 4.47. The standard InChI is InChI=1S/C25H23Cl2N5O/c1-30-15-17(14-28-30)24-13-19(18-5-2-3-8-23(18)29-24)25(33)32-11-9-31(10-12-32)16-20-21(26)6-4-7-22(20)27/h2-8,13-15H,9-12,16H2,1H3. The van der Waals surface area contributed by atoms with Crippen LogP contribution in [0.2, 0.25) is 10.0 Å². The summed E-state index contributed by atoms with van der Waals surface area (Å²) in [6.07, 6.45) is 3.67. The lowest BCUT2D eigenvalue weighted by Crippen LogP contribution is -2.48. The van der Waals surface area contributed by atoms with E-state index in [0.717, 1.165) is 40.8 Å². The normalized spacial score (nSPS) is 14.7. The second-order valence-corrected chi connectivity index (χ2v) is 9.06. The molecule has 0 aliphatic carbocycles. The van der Waals surface area contributed by atoms with Crippen molar-refractivity contribution < 1.29 is 4.79 Å². The zero-order valence-corrected chi connectivity index (χ0v) is 19.7. The highest BCUT2D eigenvalue weighted by molar-refractivity contribution is 6.35. The van der Waals surface area contributed by atoms with Gasteiger partial charge < -0.3 is 4.90 Å². The number of hydrogen-bond donors (Lipinski definition) is 0. The molecular weight excluding hydrogens is 457 g/mol. The first-order valence-corrected chi connectivity index (χ1v) is 11.6. The third-order valence-corrected chi connectivity index (χ3v) is 6.76. The molecule has 1 saturated heterocycles. The number of pyridine rings is 1. The van der Waals surface area contributed by atoms with Gasteiger partial charge in [0.2, 0.25) is 0 Å². The molecule has 1 fully saturated rings. The lowest BCUT2D eigenvalue weighted by molar-refractivity contribution is 0.0630. The van der Waals surface area contributed by atoms with Crippen LogP contribution in [0.3, 0.4) is 0 Å². The predicted molar refractivity (Wildman–Crippen MR) is 132 cm³/mol. The number of halogens is 2. The van der Waals surface area contributed by atoms with Crippen molar-refractivity contribution >= 4 is 40.0 Å². The first-order valence-electron chi connectivity index (χ1n) is 10.8. The molecule has 0 saturated carbocycles. The average molecular weight is 480 g/mol. The number of hydrogen-bond acceptors (Lipinski definition) is 4. The second-order valence-electron chi connectivity index (χ2n) is 8.24. The minimum atomic E-state index is 0.0224. The third-order valence-electron chi connectivity index (χ3n) is 6.05. The van der Waals surface area contributed by atoms with Gasteiger partial charge in [-0.15, -0.1) is 0 Å². The van der Waals surface area contributed by atoms with Gasteiger partial charge in [-0.2, -0.15) is 5.10 Å². The van der Waals surface area contributed by atoms with Crippen LogP contribution in [0, 0.1) is 0 Å². The van der Waals surface area contributed by atoms with Crippen LogP contribution in [0.4, 0.5) is 0 Å². The van der Waals surface area contributed by atoms with Crippen molar-refractivity contribution in [2.24, 2.45) is 7.05 Å². The fourth-order valence-electron chi connectivity index (χ4n) is 4.24. The number of amides is 1. The molecule has 0 spiro atoms. The number of fused-ring (bicyclic) bond motifs is 1. The van der Waals surface area contributed by atoms with Crippen molar-refractivity contribution in [2.45, 2.75) is 6.54 Å². The van der Waals surface area contributed by atoms with Gasteiger partial charge in [-0.1, -0.05) is 47.5 Å². The van der Waals surface area contributed by atoms with Crippen molar-refractivity contribution in [2.75, 3.05) is 26.2 Å². The number of aromatic nitrogens is 3. The average Bonchev–Trinajstić information content (AvgIpc) is 3.27. The predicted octanol–water partition coefficient (Wildman–Crippen LogP) is 4.90. The van der Waals surface area contributed by atoms with E-state index in [0.29, 0.717) is 35.2 Å². The number of nitrogens with zero attached hydrogens (tertiary/aromatic N) is 5. The van der Waals surface area contributed by atoms with Crippen molar-refractivity contribution in [3.8, 4) is 11.3 Å². The summed E-state index contributed by atoms with van der Waals surface area (Å²) in [7, 11) is 1.87. The van der Waals surface area contributed by atoms with Crippen LogP contribution in [0.25, 0.3) is 22.2 Å². The van der Waals surface area contributed by atoms with Crippen molar-refractivity contribution in [3.05, 3.63) is 82.1 Å². The zero-order valence-electron chi connectivity index (χ0n) is 18.2. The molecule has 8 heteroatoms. The molecule has 0 N–H and O–H groups in total. The van der Waals surface area contributed by atoms with Gasteiger partial charge in [0.1, 0.15) is 0 Å². The van der Waals surface area contributed by atoms with Gasteiger partial charge in [-0.3, -0.25) is 14.4 Å². The van der Waals surface area contributed by atoms with Crippen LogP contribution in [-0.4, -0.2) is 56.7 Å². The maximum atomic E-state index is 13.6. The van der Waals surface area contributed by atoms with Crippen LogP contribution in [0.5, 0.6) is 0 Å². The first kappa shape index (κ1) is 21.9. The van der Waals surface area contributed by atoms with Crippen LogP contribution in [0.15, 0.2) is 60.9 Å². The lowest BCUT2D eigenvalue weighted by Gasteiger charge is -2.35. The summed E-state index contributed by atoms with van der Waals surface area (Å²) in [5.41, 5.74) is 4.04. The first-order chi connectivity index (χ1) is 16.0. The molecule has 0 atom stereocenters. The van der Waals surface area contributed by atoms with Crippen LogP contribution >= 0.6 is 23.2 Å². The van der Waals surface area contributed by atoms with E-state index < -0.39 is 0 Å². The smallest absolute Gasteiger partial charge is 0.254 e. The van der Waals surface area contributed by atoms with E-state index in [2.05, 4.69) is 10.00 Å². The molecule has 168 valence electrons. The molecule has 2 aromatic carbocycles. The summed E-state index contributed by atoms with van der Waals surface area (Å²) < 4.78 is 1.73. The number of benzene rings is 2. The molecule has 0 unspecified atom stereocenters. The molecule has 4 aromatic rings. The highest BCUT2D eigenvalue weighted by atomic mass is 35.5. The molecule has 5 rings (SSSR count). The summed E-state index contributed by atoms with van der Waals surface area (Å²) >= 11 is 12.7. The number of piperazine rings is 1. The monoisotopic (exact) mass is 479 g/mol. The molecule has 3 heterocycles. The van der Waals surface area contributed by atoms with E-state index in [1.54, 1.807) is 10.9 Å². The number of aryl methyl sites for hydroxylation is 1. The summed E-state index contributed by atoms with van der Waals surface area (Å²) in [4.78, 5) is 22.6. The van der Waals surface area contributed by atoms with Gasteiger partial charge in [-0.25, -0.2) is 4.98 Å². The minimum Gasteiger partial charge on any atom is -0.336 e. The van der Waals surface area contributed by atoms with E-state index in [9.17, 15) is 4.79 Å². The molecule has 6 nitrogen and oxygen atoms in total. The molecule has 1 amide bonds. The zero-order chi connectivity index (χ0) is 22.9.